The third kappa shape index (κ3) is 6.58. The van der Waals surface area contributed by atoms with Crippen LogP contribution in [0.2, 0.25) is 0 Å². The molecule has 0 radical (unpaired) electrons. The summed E-state index contributed by atoms with van der Waals surface area (Å²) in [7, 11) is 0. The summed E-state index contributed by atoms with van der Waals surface area (Å²) in [6.07, 6.45) is 4.74. The number of carbonyl (C=O) groups is 2. The van der Waals surface area contributed by atoms with Crippen LogP contribution in [0, 0.1) is 6.92 Å². The molecule has 212 valence electrons. The van der Waals surface area contributed by atoms with Crippen molar-refractivity contribution in [1.29, 1.82) is 0 Å². The van der Waals surface area contributed by atoms with Crippen molar-refractivity contribution in [3.8, 4) is 0 Å². The van der Waals surface area contributed by atoms with Gasteiger partial charge in [-0.05, 0) is 76.3 Å². The molecule has 0 spiro atoms. The number of Topliss-reactive ketones (excluding diaryl/α,β-unsaturated/α-hetero) is 1. The number of ketones is 1. The molecule has 1 fully saturated rings. The maximum Gasteiger partial charge on any atom is 0.410 e. The molecule has 4 heterocycles. The molecular formula is C31H39N5O4. The highest BCUT2D eigenvalue weighted by Gasteiger charge is 2.32. The molecule has 1 saturated heterocycles. The van der Waals surface area contributed by atoms with E-state index in [-0.39, 0.29) is 23.5 Å². The van der Waals surface area contributed by atoms with Gasteiger partial charge in [-0.15, -0.1) is 0 Å². The van der Waals surface area contributed by atoms with E-state index in [1.807, 2.05) is 57.0 Å². The van der Waals surface area contributed by atoms with Crippen LogP contribution in [0.3, 0.4) is 0 Å². The zero-order valence-electron chi connectivity index (χ0n) is 24.0. The summed E-state index contributed by atoms with van der Waals surface area (Å²) in [5.41, 5.74) is 4.80. The van der Waals surface area contributed by atoms with Crippen molar-refractivity contribution >= 4 is 22.9 Å². The molecule has 0 unspecified atom stereocenters. The first-order valence-electron chi connectivity index (χ1n) is 14.2. The Morgan fingerprint density at radius 2 is 1.85 bits per heavy atom. The molecule has 5 rings (SSSR count). The third-order valence-electron chi connectivity index (χ3n) is 7.74. The number of hydrogen-bond acceptors (Lipinski definition) is 7. The van der Waals surface area contributed by atoms with Gasteiger partial charge in [0.1, 0.15) is 11.4 Å². The van der Waals surface area contributed by atoms with Gasteiger partial charge in [0, 0.05) is 57.3 Å². The SMILES string of the molecule is Cc1cnc2ccc(=O)n(CCN3CCC(N(Cc4ccc5c(n4)CC(=O)CC5)C(=O)OC(C)(C)C)CC3)c2c1. The monoisotopic (exact) mass is 545 g/mol. The Kier molecular flexibility index (Phi) is 8.03. The quantitative estimate of drug-likeness (QED) is 0.461. The number of ether oxygens (including phenoxy) is 1. The molecule has 0 aromatic carbocycles. The number of carbonyl (C=O) groups excluding carboxylic acids is 2. The van der Waals surface area contributed by atoms with Crippen LogP contribution in [0.5, 0.6) is 0 Å². The van der Waals surface area contributed by atoms with E-state index in [0.29, 0.717) is 25.9 Å². The number of aromatic nitrogens is 3. The van der Waals surface area contributed by atoms with Crippen LogP contribution in [0.15, 0.2) is 41.3 Å². The van der Waals surface area contributed by atoms with E-state index in [9.17, 15) is 14.4 Å². The molecule has 0 N–H and O–H groups in total. The van der Waals surface area contributed by atoms with Crippen LogP contribution >= 0.6 is 0 Å². The lowest BCUT2D eigenvalue weighted by Gasteiger charge is -2.39. The van der Waals surface area contributed by atoms with Crippen molar-refractivity contribution in [3.05, 3.63) is 69.4 Å². The Morgan fingerprint density at radius 1 is 1.07 bits per heavy atom. The fraction of sp³-hybridized carbons (Fsp3) is 0.516. The van der Waals surface area contributed by atoms with Crippen LogP contribution in [-0.4, -0.2) is 67.5 Å². The fourth-order valence-corrected chi connectivity index (χ4v) is 5.63. The average molecular weight is 546 g/mol. The van der Waals surface area contributed by atoms with Crippen molar-refractivity contribution in [2.75, 3.05) is 19.6 Å². The molecule has 1 aliphatic heterocycles. The molecule has 3 aromatic rings. The normalized spacial score (nSPS) is 16.6. The highest BCUT2D eigenvalue weighted by molar-refractivity contribution is 5.82. The number of rotatable bonds is 6. The predicted octanol–water partition coefficient (Wildman–Crippen LogP) is 4.06. The molecule has 3 aromatic heterocycles. The first kappa shape index (κ1) is 28.0. The van der Waals surface area contributed by atoms with Gasteiger partial charge < -0.3 is 14.2 Å². The van der Waals surface area contributed by atoms with Gasteiger partial charge in [-0.2, -0.15) is 0 Å². The highest BCUT2D eigenvalue weighted by Crippen LogP contribution is 2.24. The van der Waals surface area contributed by atoms with E-state index in [1.165, 1.54) is 0 Å². The van der Waals surface area contributed by atoms with Gasteiger partial charge in [0.25, 0.3) is 5.56 Å². The van der Waals surface area contributed by atoms with Gasteiger partial charge in [-0.3, -0.25) is 24.5 Å². The topological polar surface area (TPSA) is 97.6 Å². The van der Waals surface area contributed by atoms with Crippen molar-refractivity contribution in [2.24, 2.45) is 0 Å². The summed E-state index contributed by atoms with van der Waals surface area (Å²) in [5, 5.41) is 0. The molecule has 1 amide bonds. The molecule has 2 aliphatic rings. The Labute approximate surface area is 235 Å². The number of aryl methyl sites for hydroxylation is 2. The zero-order valence-corrected chi connectivity index (χ0v) is 24.0. The number of amides is 1. The standard InChI is InChI=1S/C31H39N5O4/c1-21-17-28-26(32-19-21)9-10-29(38)35(28)16-15-34-13-11-24(12-14-34)36(30(39)40-31(2,3)4)20-23-7-5-22-6-8-25(37)18-27(22)33-23/h5,7,9-10,17,19,24H,6,8,11-16,18,20H2,1-4H3. The van der Waals surface area contributed by atoms with Gasteiger partial charge >= 0.3 is 6.09 Å². The lowest BCUT2D eigenvalue weighted by atomic mass is 9.95. The largest absolute Gasteiger partial charge is 0.444 e. The fourth-order valence-electron chi connectivity index (χ4n) is 5.63. The average Bonchev–Trinajstić information content (AvgIpc) is 2.90. The predicted molar refractivity (Wildman–Crippen MR) is 153 cm³/mol. The van der Waals surface area contributed by atoms with Gasteiger partial charge in [0.2, 0.25) is 0 Å². The van der Waals surface area contributed by atoms with Crippen molar-refractivity contribution in [3.63, 3.8) is 0 Å². The summed E-state index contributed by atoms with van der Waals surface area (Å²) in [5.74, 6) is 0.214. The highest BCUT2D eigenvalue weighted by atomic mass is 16.6. The summed E-state index contributed by atoms with van der Waals surface area (Å²) < 4.78 is 7.60. The van der Waals surface area contributed by atoms with Crippen LogP contribution < -0.4 is 5.56 Å². The minimum atomic E-state index is -0.606. The molecular weight excluding hydrogens is 506 g/mol. The lowest BCUT2D eigenvalue weighted by molar-refractivity contribution is -0.118. The maximum atomic E-state index is 13.3. The van der Waals surface area contributed by atoms with Crippen LogP contribution in [-0.2, 0) is 35.5 Å². The lowest BCUT2D eigenvalue weighted by Crippen LogP contribution is -2.49. The van der Waals surface area contributed by atoms with Crippen molar-refractivity contribution < 1.29 is 14.3 Å². The first-order valence-corrected chi connectivity index (χ1v) is 14.2. The number of hydrogen-bond donors (Lipinski definition) is 0. The molecule has 9 nitrogen and oxygen atoms in total. The number of fused-ring (bicyclic) bond motifs is 2. The molecule has 9 heteroatoms. The van der Waals surface area contributed by atoms with Crippen LogP contribution in [0.1, 0.15) is 62.5 Å². The second-order valence-electron chi connectivity index (χ2n) is 12.0. The number of nitrogens with zero attached hydrogens (tertiary/aromatic N) is 5. The van der Waals surface area contributed by atoms with Gasteiger partial charge in [0.15, 0.2) is 0 Å². The zero-order chi connectivity index (χ0) is 28.4. The molecule has 1 aliphatic carbocycles. The second-order valence-corrected chi connectivity index (χ2v) is 12.0. The van der Waals surface area contributed by atoms with Crippen molar-refractivity contribution in [1.82, 2.24) is 24.3 Å². The Hall–Kier alpha value is -3.59. The summed E-state index contributed by atoms with van der Waals surface area (Å²) in [6.45, 7) is 10.9. The minimum absolute atomic E-state index is 0.0118. The number of likely N-dealkylation sites (tertiary alicyclic amines) is 1. The first-order chi connectivity index (χ1) is 19.1. The Morgan fingerprint density at radius 3 is 2.60 bits per heavy atom. The van der Waals surface area contributed by atoms with Gasteiger partial charge in [0.05, 0.1) is 29.0 Å². The van der Waals surface area contributed by atoms with Crippen molar-refractivity contribution in [2.45, 2.75) is 84.5 Å². The molecule has 0 saturated carbocycles. The Balaban J connectivity index is 1.26. The van der Waals surface area contributed by atoms with E-state index >= 15 is 0 Å². The van der Waals surface area contributed by atoms with E-state index in [2.05, 4.69) is 9.88 Å². The summed E-state index contributed by atoms with van der Waals surface area (Å²) >= 11 is 0. The third-order valence-corrected chi connectivity index (χ3v) is 7.74. The molecule has 0 atom stereocenters. The number of pyridine rings is 3. The van der Waals surface area contributed by atoms with Crippen LogP contribution in [0.4, 0.5) is 4.79 Å². The summed E-state index contributed by atoms with van der Waals surface area (Å²) in [6, 6.07) is 9.41. The van der Waals surface area contributed by atoms with E-state index in [1.54, 1.807) is 16.7 Å². The maximum absolute atomic E-state index is 13.3. The van der Waals surface area contributed by atoms with Gasteiger partial charge in [-0.25, -0.2) is 4.79 Å². The second kappa shape index (κ2) is 11.5. The van der Waals surface area contributed by atoms with E-state index in [0.717, 1.165) is 72.4 Å². The minimum Gasteiger partial charge on any atom is -0.444 e. The van der Waals surface area contributed by atoms with E-state index < -0.39 is 5.60 Å². The smallest absolute Gasteiger partial charge is 0.410 e. The van der Waals surface area contributed by atoms with Crippen LogP contribution in [0.25, 0.3) is 11.0 Å². The molecule has 40 heavy (non-hydrogen) atoms. The van der Waals surface area contributed by atoms with Gasteiger partial charge in [-0.1, -0.05) is 6.07 Å². The van der Waals surface area contributed by atoms with E-state index in [4.69, 9.17) is 9.72 Å². The number of piperidine rings is 1. The molecule has 0 bridgehead atoms. The Bertz CT molecular complexity index is 1470. The summed E-state index contributed by atoms with van der Waals surface area (Å²) in [4.78, 5) is 51.4.